The molecule has 19 heavy (non-hydrogen) atoms. The highest BCUT2D eigenvalue weighted by molar-refractivity contribution is 5.77. The molecule has 0 radical (unpaired) electrons. The molecule has 0 spiro atoms. The Kier molecular flexibility index (Phi) is 4.91. The lowest BCUT2D eigenvalue weighted by Crippen LogP contribution is -2.30. The van der Waals surface area contributed by atoms with Crippen molar-refractivity contribution in [2.75, 3.05) is 6.54 Å². The summed E-state index contributed by atoms with van der Waals surface area (Å²) in [5.74, 6) is 0.264. The van der Waals surface area contributed by atoms with Crippen LogP contribution in [0.3, 0.4) is 0 Å². The summed E-state index contributed by atoms with van der Waals surface area (Å²) in [4.78, 5) is 18.3. The van der Waals surface area contributed by atoms with Crippen LogP contribution in [-0.2, 0) is 4.79 Å². The number of nitrogens with two attached hydrogens (primary N) is 1. The molecule has 4 nitrogen and oxygen atoms in total. The molecule has 1 amide bonds. The van der Waals surface area contributed by atoms with Crippen LogP contribution < -0.4 is 5.73 Å². The van der Waals surface area contributed by atoms with Gasteiger partial charge >= 0.3 is 0 Å². The maximum atomic E-state index is 12.3. The Balaban J connectivity index is 1.93. The zero-order valence-corrected chi connectivity index (χ0v) is 11.6. The second-order valence-corrected chi connectivity index (χ2v) is 5.40. The molecule has 4 heteroatoms. The Labute approximate surface area is 115 Å². The van der Waals surface area contributed by atoms with Gasteiger partial charge in [0, 0.05) is 31.4 Å². The summed E-state index contributed by atoms with van der Waals surface area (Å²) in [5.41, 5.74) is 6.92. The molecule has 1 fully saturated rings. The topological polar surface area (TPSA) is 59.2 Å². The van der Waals surface area contributed by atoms with Crippen LogP contribution in [0, 0.1) is 0 Å². The van der Waals surface area contributed by atoms with Gasteiger partial charge in [0.05, 0.1) is 6.04 Å². The van der Waals surface area contributed by atoms with Crippen molar-refractivity contribution in [2.45, 2.75) is 51.1 Å². The van der Waals surface area contributed by atoms with Gasteiger partial charge in [-0.3, -0.25) is 9.78 Å². The maximum Gasteiger partial charge on any atom is 0.223 e. The highest BCUT2D eigenvalue weighted by Crippen LogP contribution is 2.32. The first-order valence-electron chi connectivity index (χ1n) is 7.13. The van der Waals surface area contributed by atoms with Gasteiger partial charge in [-0.25, -0.2) is 0 Å². The van der Waals surface area contributed by atoms with Gasteiger partial charge in [-0.05, 0) is 50.3 Å². The van der Waals surface area contributed by atoms with Crippen molar-refractivity contribution < 1.29 is 4.79 Å². The highest BCUT2D eigenvalue weighted by atomic mass is 16.2. The number of rotatable bonds is 5. The molecule has 1 aromatic rings. The minimum atomic E-state index is 0.183. The number of amides is 1. The number of pyridine rings is 1. The minimum Gasteiger partial charge on any atom is -0.336 e. The lowest BCUT2D eigenvalue weighted by molar-refractivity contribution is -0.132. The number of aromatic nitrogens is 1. The van der Waals surface area contributed by atoms with Gasteiger partial charge in [-0.1, -0.05) is 0 Å². The standard InChI is InChI=1S/C15H23N3O/c1-12(16)4-2-6-15(19)18-11-3-5-14(18)13-7-9-17-10-8-13/h7-10,12,14H,2-6,11,16H2,1H3. The van der Waals surface area contributed by atoms with Crippen molar-refractivity contribution in [3.8, 4) is 0 Å². The molecule has 0 aromatic carbocycles. The molecule has 2 unspecified atom stereocenters. The third-order valence-electron chi connectivity index (χ3n) is 3.71. The van der Waals surface area contributed by atoms with Gasteiger partial charge in [0.15, 0.2) is 0 Å². The fourth-order valence-electron chi connectivity index (χ4n) is 2.72. The summed E-state index contributed by atoms with van der Waals surface area (Å²) >= 11 is 0. The van der Waals surface area contributed by atoms with E-state index in [4.69, 9.17) is 5.73 Å². The van der Waals surface area contributed by atoms with Crippen LogP contribution in [0.5, 0.6) is 0 Å². The van der Waals surface area contributed by atoms with E-state index in [1.54, 1.807) is 12.4 Å². The first-order valence-corrected chi connectivity index (χ1v) is 7.13. The van der Waals surface area contributed by atoms with Crippen LogP contribution in [0.2, 0.25) is 0 Å². The first-order chi connectivity index (χ1) is 9.18. The fraction of sp³-hybridized carbons (Fsp3) is 0.600. The van der Waals surface area contributed by atoms with Gasteiger partial charge in [0.2, 0.25) is 5.91 Å². The molecular formula is C15H23N3O. The highest BCUT2D eigenvalue weighted by Gasteiger charge is 2.29. The van der Waals surface area contributed by atoms with Gasteiger partial charge in [0.25, 0.3) is 0 Å². The van der Waals surface area contributed by atoms with Gasteiger partial charge in [-0.15, -0.1) is 0 Å². The summed E-state index contributed by atoms with van der Waals surface area (Å²) in [6.45, 7) is 2.87. The lowest BCUT2D eigenvalue weighted by Gasteiger charge is -2.25. The Morgan fingerprint density at radius 3 is 2.95 bits per heavy atom. The lowest BCUT2D eigenvalue weighted by atomic mass is 10.1. The molecular weight excluding hydrogens is 238 g/mol. The Morgan fingerprint density at radius 1 is 1.53 bits per heavy atom. The average Bonchev–Trinajstić information content (AvgIpc) is 2.88. The summed E-state index contributed by atoms with van der Waals surface area (Å²) in [6, 6.07) is 4.45. The van der Waals surface area contributed by atoms with E-state index in [0.29, 0.717) is 6.42 Å². The van der Waals surface area contributed by atoms with Gasteiger partial charge in [0.1, 0.15) is 0 Å². The van der Waals surface area contributed by atoms with Crippen LogP contribution in [-0.4, -0.2) is 28.4 Å². The van der Waals surface area contributed by atoms with Crippen molar-refractivity contribution in [3.63, 3.8) is 0 Å². The monoisotopic (exact) mass is 261 g/mol. The van der Waals surface area contributed by atoms with Crippen molar-refractivity contribution in [1.82, 2.24) is 9.88 Å². The first kappa shape index (κ1) is 14.0. The molecule has 1 aliphatic rings. The molecule has 104 valence electrons. The Morgan fingerprint density at radius 2 is 2.26 bits per heavy atom. The second kappa shape index (κ2) is 6.66. The van der Waals surface area contributed by atoms with E-state index < -0.39 is 0 Å². The third-order valence-corrected chi connectivity index (χ3v) is 3.71. The van der Waals surface area contributed by atoms with E-state index in [9.17, 15) is 4.79 Å². The molecule has 0 bridgehead atoms. The SMILES string of the molecule is CC(N)CCCC(=O)N1CCCC1c1ccncc1. The van der Waals surface area contributed by atoms with Crippen LogP contribution in [0.25, 0.3) is 0 Å². The van der Waals surface area contributed by atoms with Crippen LogP contribution in [0.15, 0.2) is 24.5 Å². The largest absolute Gasteiger partial charge is 0.336 e. The van der Waals surface area contributed by atoms with E-state index in [0.717, 1.165) is 32.2 Å². The maximum absolute atomic E-state index is 12.3. The second-order valence-electron chi connectivity index (χ2n) is 5.40. The van der Waals surface area contributed by atoms with E-state index in [2.05, 4.69) is 4.98 Å². The van der Waals surface area contributed by atoms with Crippen LogP contribution in [0.1, 0.15) is 50.6 Å². The normalized spacial score (nSPS) is 20.5. The van der Waals surface area contributed by atoms with Crippen molar-refractivity contribution >= 4 is 5.91 Å². The quantitative estimate of drug-likeness (QED) is 0.884. The number of hydrogen-bond donors (Lipinski definition) is 1. The Bertz CT molecular complexity index is 405. The summed E-state index contributed by atoms with van der Waals surface area (Å²) in [6.07, 6.45) is 8.16. The number of carbonyl (C=O) groups is 1. The Hall–Kier alpha value is -1.42. The van der Waals surface area contributed by atoms with E-state index in [1.807, 2.05) is 24.0 Å². The number of likely N-dealkylation sites (tertiary alicyclic amines) is 1. The zero-order valence-electron chi connectivity index (χ0n) is 11.6. The minimum absolute atomic E-state index is 0.183. The molecule has 2 N–H and O–H groups in total. The summed E-state index contributed by atoms with van der Waals surface area (Å²) in [5, 5.41) is 0. The predicted molar refractivity (Wildman–Crippen MR) is 75.4 cm³/mol. The summed E-state index contributed by atoms with van der Waals surface area (Å²) in [7, 11) is 0. The zero-order chi connectivity index (χ0) is 13.7. The molecule has 2 heterocycles. The number of carbonyl (C=O) groups excluding carboxylic acids is 1. The molecule has 2 rings (SSSR count). The molecule has 0 aliphatic carbocycles. The number of hydrogen-bond acceptors (Lipinski definition) is 3. The van der Waals surface area contributed by atoms with E-state index >= 15 is 0 Å². The molecule has 1 aliphatic heterocycles. The summed E-state index contributed by atoms with van der Waals surface area (Å²) < 4.78 is 0. The molecule has 1 aromatic heterocycles. The fourth-order valence-corrected chi connectivity index (χ4v) is 2.72. The van der Waals surface area contributed by atoms with Crippen LogP contribution >= 0.6 is 0 Å². The van der Waals surface area contributed by atoms with Crippen molar-refractivity contribution in [1.29, 1.82) is 0 Å². The molecule has 0 saturated carbocycles. The predicted octanol–water partition coefficient (Wildman–Crippen LogP) is 2.26. The molecule has 1 saturated heterocycles. The molecule has 2 atom stereocenters. The number of nitrogens with zero attached hydrogens (tertiary/aromatic N) is 2. The third kappa shape index (κ3) is 3.77. The van der Waals surface area contributed by atoms with Gasteiger partial charge in [-0.2, -0.15) is 0 Å². The average molecular weight is 261 g/mol. The van der Waals surface area contributed by atoms with Crippen LogP contribution in [0.4, 0.5) is 0 Å². The van der Waals surface area contributed by atoms with E-state index in [-0.39, 0.29) is 18.0 Å². The van der Waals surface area contributed by atoms with Gasteiger partial charge < -0.3 is 10.6 Å². The van der Waals surface area contributed by atoms with E-state index in [1.165, 1.54) is 5.56 Å². The van der Waals surface area contributed by atoms with Crippen molar-refractivity contribution in [3.05, 3.63) is 30.1 Å². The smallest absolute Gasteiger partial charge is 0.223 e. The van der Waals surface area contributed by atoms with Crippen molar-refractivity contribution in [2.24, 2.45) is 5.73 Å².